The molecule has 1 aliphatic carbocycles. The molecule has 1 aliphatic rings. The van der Waals surface area contributed by atoms with Crippen LogP contribution in [0.2, 0.25) is 0 Å². The zero-order chi connectivity index (χ0) is 22.4. The fourth-order valence-corrected chi connectivity index (χ4v) is 3.46. The second kappa shape index (κ2) is 7.68. The van der Waals surface area contributed by atoms with Gasteiger partial charge in [0.2, 0.25) is 11.7 Å². The Hall–Kier alpha value is -3.43. The summed E-state index contributed by atoms with van der Waals surface area (Å²) >= 11 is 0. The number of anilines is 1. The zero-order valence-corrected chi connectivity index (χ0v) is 15.9. The van der Waals surface area contributed by atoms with Crippen molar-refractivity contribution >= 4 is 11.7 Å². The summed E-state index contributed by atoms with van der Waals surface area (Å²) in [6.45, 7) is 1.53. The van der Waals surface area contributed by atoms with Crippen LogP contribution in [0.25, 0.3) is 11.3 Å². The predicted molar refractivity (Wildman–Crippen MR) is 98.1 cm³/mol. The minimum absolute atomic E-state index is 0.00168. The highest BCUT2D eigenvalue weighted by Gasteiger charge is 2.27. The lowest BCUT2D eigenvalue weighted by atomic mass is 9.91. The first-order valence-corrected chi connectivity index (χ1v) is 9.13. The van der Waals surface area contributed by atoms with Gasteiger partial charge in [-0.15, -0.1) is 0 Å². The number of carbonyl (C=O) groups is 1. The van der Waals surface area contributed by atoms with Crippen molar-refractivity contribution in [2.24, 2.45) is 0 Å². The molecule has 4 nitrogen and oxygen atoms in total. The molecule has 4 rings (SSSR count). The van der Waals surface area contributed by atoms with Crippen LogP contribution in [-0.4, -0.2) is 15.9 Å². The van der Waals surface area contributed by atoms with Crippen molar-refractivity contribution in [2.45, 2.75) is 26.2 Å². The number of fused-ring (bicyclic) bond motifs is 3. The van der Waals surface area contributed by atoms with Crippen molar-refractivity contribution in [3.63, 3.8) is 0 Å². The van der Waals surface area contributed by atoms with Crippen LogP contribution in [-0.2, 0) is 24.1 Å². The van der Waals surface area contributed by atoms with Crippen molar-refractivity contribution in [2.75, 3.05) is 5.32 Å². The van der Waals surface area contributed by atoms with Crippen LogP contribution in [0.3, 0.4) is 0 Å². The van der Waals surface area contributed by atoms with E-state index in [4.69, 9.17) is 0 Å². The number of carbonyl (C=O) groups excluding carboxylic acids is 1. The number of hydrogen-bond acceptors (Lipinski definition) is 3. The topological polar surface area (TPSA) is 54.9 Å². The van der Waals surface area contributed by atoms with E-state index in [2.05, 4.69) is 15.3 Å². The minimum atomic E-state index is -2.30. The van der Waals surface area contributed by atoms with Gasteiger partial charge < -0.3 is 5.32 Å². The number of amides is 1. The largest absolute Gasteiger partial charge is 0.309 e. The zero-order valence-electron chi connectivity index (χ0n) is 15.9. The molecule has 0 atom stereocenters. The van der Waals surface area contributed by atoms with E-state index in [1.54, 1.807) is 6.07 Å². The fraction of sp³-hybridized carbons (Fsp3) is 0.190. The minimum Gasteiger partial charge on any atom is -0.309 e. The molecule has 1 amide bonds. The van der Waals surface area contributed by atoms with E-state index in [1.807, 2.05) is 0 Å². The summed E-state index contributed by atoms with van der Waals surface area (Å²) in [5.74, 6) is -12.1. The molecule has 0 fully saturated rings. The van der Waals surface area contributed by atoms with Crippen molar-refractivity contribution in [1.29, 1.82) is 0 Å². The first-order valence-electron chi connectivity index (χ1n) is 9.13. The van der Waals surface area contributed by atoms with Gasteiger partial charge >= 0.3 is 0 Å². The molecule has 1 aromatic heterocycles. The number of halogens is 6. The third-order valence-electron chi connectivity index (χ3n) is 4.99. The number of hydrogen-bond donors (Lipinski definition) is 1. The van der Waals surface area contributed by atoms with E-state index < -0.39 is 47.0 Å². The van der Waals surface area contributed by atoms with Gasteiger partial charge in [0.05, 0.1) is 23.5 Å². The predicted octanol–water partition coefficient (Wildman–Crippen LogP) is 4.57. The van der Waals surface area contributed by atoms with Gasteiger partial charge in [-0.2, -0.15) is 0 Å². The Balaban J connectivity index is 1.62. The average molecular weight is 437 g/mol. The highest BCUT2D eigenvalue weighted by molar-refractivity contribution is 5.92. The number of aromatic nitrogens is 2. The number of benzene rings is 2. The fourth-order valence-electron chi connectivity index (χ4n) is 3.46. The molecular formula is C21H13F6N3O. The Morgan fingerprint density at radius 1 is 0.935 bits per heavy atom. The molecule has 2 aromatic carbocycles. The average Bonchev–Trinajstić information content (AvgIpc) is 2.74. The SMILES string of the molecule is Cc1nc2c(nc1NC(=O)Cc1c(F)c(F)c(F)c(F)c1F)CCc1cc(F)ccc1-2. The molecule has 1 N–H and O–H groups in total. The van der Waals surface area contributed by atoms with Gasteiger partial charge in [0.25, 0.3) is 0 Å². The Kier molecular flexibility index (Phi) is 5.16. The van der Waals surface area contributed by atoms with Crippen LogP contribution in [0.5, 0.6) is 0 Å². The second-order valence-corrected chi connectivity index (χ2v) is 7.03. The van der Waals surface area contributed by atoms with Gasteiger partial charge in [-0.25, -0.2) is 36.3 Å². The maximum Gasteiger partial charge on any atom is 0.230 e. The van der Waals surface area contributed by atoms with Crippen molar-refractivity contribution in [3.05, 3.63) is 75.6 Å². The van der Waals surface area contributed by atoms with E-state index in [0.29, 0.717) is 29.8 Å². The third kappa shape index (κ3) is 3.62. The first kappa shape index (κ1) is 20.8. The van der Waals surface area contributed by atoms with Crippen LogP contribution in [0.4, 0.5) is 32.2 Å². The standard InChI is InChI=1S/C21H13F6N3O/c1-8-21(29-13-5-2-9-6-10(22)3-4-11(9)20(13)28-8)30-14(31)7-12-15(23)17(25)19(27)18(26)16(12)24/h3-4,6H,2,5,7H2,1H3,(H,29,30,31). The van der Waals surface area contributed by atoms with Gasteiger partial charge in [-0.1, -0.05) is 0 Å². The summed E-state index contributed by atoms with van der Waals surface area (Å²) in [6.07, 6.45) is -0.179. The molecular weight excluding hydrogens is 424 g/mol. The number of nitrogens with one attached hydrogen (secondary N) is 1. The van der Waals surface area contributed by atoms with E-state index in [-0.39, 0.29) is 17.3 Å². The Morgan fingerprint density at radius 2 is 1.58 bits per heavy atom. The molecule has 3 aromatic rings. The number of rotatable bonds is 3. The lowest BCUT2D eigenvalue weighted by Crippen LogP contribution is -2.21. The van der Waals surface area contributed by atoms with Gasteiger partial charge in [0.1, 0.15) is 5.82 Å². The first-order chi connectivity index (χ1) is 14.7. The van der Waals surface area contributed by atoms with Crippen molar-refractivity contribution in [1.82, 2.24) is 9.97 Å². The second-order valence-electron chi connectivity index (χ2n) is 7.03. The summed E-state index contributed by atoms with van der Waals surface area (Å²) in [5.41, 5.74) is 1.55. The quantitative estimate of drug-likeness (QED) is 0.371. The van der Waals surface area contributed by atoms with Crippen LogP contribution in [0.1, 0.15) is 22.5 Å². The summed E-state index contributed by atoms with van der Waals surface area (Å²) in [4.78, 5) is 21.0. The summed E-state index contributed by atoms with van der Waals surface area (Å²) in [6, 6.07) is 4.29. The maximum absolute atomic E-state index is 13.8. The van der Waals surface area contributed by atoms with Crippen LogP contribution >= 0.6 is 0 Å². The molecule has 0 bridgehead atoms. The van der Waals surface area contributed by atoms with Gasteiger partial charge in [-0.05, 0) is 43.5 Å². The molecule has 0 saturated carbocycles. The highest BCUT2D eigenvalue weighted by Crippen LogP contribution is 2.33. The van der Waals surface area contributed by atoms with Crippen LogP contribution in [0, 0.1) is 41.8 Å². The Labute approximate surface area is 172 Å². The molecule has 160 valence electrons. The van der Waals surface area contributed by atoms with Gasteiger partial charge in [-0.3, -0.25) is 4.79 Å². The molecule has 0 spiro atoms. The molecule has 1 heterocycles. The van der Waals surface area contributed by atoms with E-state index in [1.165, 1.54) is 19.1 Å². The Morgan fingerprint density at radius 3 is 2.26 bits per heavy atom. The van der Waals surface area contributed by atoms with Crippen molar-refractivity contribution < 1.29 is 31.1 Å². The van der Waals surface area contributed by atoms with Gasteiger partial charge in [0.15, 0.2) is 29.1 Å². The van der Waals surface area contributed by atoms with Crippen LogP contribution in [0.15, 0.2) is 18.2 Å². The monoisotopic (exact) mass is 437 g/mol. The molecule has 10 heteroatoms. The maximum atomic E-state index is 13.8. The van der Waals surface area contributed by atoms with Gasteiger partial charge in [0, 0.05) is 11.1 Å². The summed E-state index contributed by atoms with van der Waals surface area (Å²) in [5, 5.41) is 2.31. The molecule has 0 unspecified atom stereocenters. The normalized spacial score (nSPS) is 12.4. The lowest BCUT2D eigenvalue weighted by molar-refractivity contribution is -0.115. The summed E-state index contributed by atoms with van der Waals surface area (Å²) < 4.78 is 80.9. The third-order valence-corrected chi connectivity index (χ3v) is 4.99. The molecule has 0 radical (unpaired) electrons. The van der Waals surface area contributed by atoms with E-state index >= 15 is 0 Å². The number of nitrogens with zero attached hydrogens (tertiary/aromatic N) is 2. The molecule has 0 saturated heterocycles. The van der Waals surface area contributed by atoms with E-state index in [0.717, 1.165) is 5.56 Å². The smallest absolute Gasteiger partial charge is 0.230 e. The van der Waals surface area contributed by atoms with Crippen molar-refractivity contribution in [3.8, 4) is 11.3 Å². The number of aryl methyl sites for hydroxylation is 3. The summed E-state index contributed by atoms with van der Waals surface area (Å²) in [7, 11) is 0. The van der Waals surface area contributed by atoms with E-state index in [9.17, 15) is 31.1 Å². The lowest BCUT2D eigenvalue weighted by Gasteiger charge is -2.20. The molecule has 0 aliphatic heterocycles. The molecule has 31 heavy (non-hydrogen) atoms. The highest BCUT2D eigenvalue weighted by atomic mass is 19.2. The van der Waals surface area contributed by atoms with Crippen LogP contribution < -0.4 is 5.32 Å². The Bertz CT molecular complexity index is 1220.